The molecule has 0 aromatic carbocycles. The minimum Gasteiger partial charge on any atom is -0.394 e. The molecule has 0 bridgehead atoms. The Morgan fingerprint density at radius 2 is 0.593 bits per heavy atom. The number of nitrogens with one attached hydrogen (secondary N) is 1. The Kier molecular flexibility index (Phi) is 46.2. The molecule has 1 amide bonds. The fraction of sp³-hybridized carbons (Fsp3) is 0.980. The maximum atomic E-state index is 12.4. The van der Waals surface area contributed by atoms with Crippen molar-refractivity contribution in [3.63, 3.8) is 0 Å². The van der Waals surface area contributed by atoms with Gasteiger partial charge in [-0.1, -0.05) is 277 Å². The van der Waals surface area contributed by atoms with Crippen molar-refractivity contribution in [3.05, 3.63) is 0 Å². The average Bonchev–Trinajstić information content (AvgIpc) is 3.18. The zero-order valence-electron chi connectivity index (χ0n) is 37.3. The van der Waals surface area contributed by atoms with Crippen LogP contribution in [0.1, 0.15) is 296 Å². The van der Waals surface area contributed by atoms with Crippen LogP contribution >= 0.6 is 0 Å². The van der Waals surface area contributed by atoms with Crippen molar-refractivity contribution in [1.82, 2.24) is 5.32 Å². The van der Waals surface area contributed by atoms with Crippen LogP contribution in [-0.2, 0) is 4.79 Å². The van der Waals surface area contributed by atoms with Gasteiger partial charge in [0.25, 0.3) is 0 Å². The van der Waals surface area contributed by atoms with Crippen molar-refractivity contribution in [2.45, 2.75) is 309 Å². The third-order valence-electron chi connectivity index (χ3n) is 12.1. The van der Waals surface area contributed by atoms with E-state index < -0.39 is 12.1 Å². The van der Waals surface area contributed by atoms with E-state index in [1.807, 2.05) is 0 Å². The van der Waals surface area contributed by atoms with Crippen LogP contribution in [0.3, 0.4) is 0 Å². The molecule has 0 fully saturated rings. The molecule has 4 nitrogen and oxygen atoms in total. The molecule has 0 radical (unpaired) electrons. The van der Waals surface area contributed by atoms with Gasteiger partial charge >= 0.3 is 0 Å². The predicted octanol–water partition coefficient (Wildman–Crippen LogP) is 16.0. The summed E-state index contributed by atoms with van der Waals surface area (Å²) in [6.45, 7) is 4.37. The summed E-state index contributed by atoms with van der Waals surface area (Å²) in [4.78, 5) is 12.4. The van der Waals surface area contributed by atoms with E-state index in [0.717, 1.165) is 25.7 Å². The molecule has 0 aliphatic carbocycles. The van der Waals surface area contributed by atoms with Crippen molar-refractivity contribution < 1.29 is 15.0 Å². The molecule has 0 aliphatic rings. The summed E-state index contributed by atoms with van der Waals surface area (Å²) in [5.41, 5.74) is 0. The zero-order chi connectivity index (χ0) is 39.3. The van der Waals surface area contributed by atoms with Crippen molar-refractivity contribution in [2.24, 2.45) is 0 Å². The fourth-order valence-electron chi connectivity index (χ4n) is 8.25. The Morgan fingerprint density at radius 1 is 0.370 bits per heavy atom. The van der Waals surface area contributed by atoms with E-state index in [1.54, 1.807) is 0 Å². The number of amides is 1. The topological polar surface area (TPSA) is 69.6 Å². The maximum absolute atomic E-state index is 12.4. The first-order valence-electron chi connectivity index (χ1n) is 25.2. The highest BCUT2D eigenvalue weighted by Gasteiger charge is 2.20. The van der Waals surface area contributed by atoms with E-state index >= 15 is 0 Å². The quantitative estimate of drug-likeness (QED) is 0.0541. The highest BCUT2D eigenvalue weighted by molar-refractivity contribution is 5.76. The summed E-state index contributed by atoms with van der Waals surface area (Å²) in [5, 5.41) is 23.1. The zero-order valence-corrected chi connectivity index (χ0v) is 37.3. The highest BCUT2D eigenvalue weighted by Crippen LogP contribution is 2.18. The van der Waals surface area contributed by atoms with Gasteiger partial charge in [-0.25, -0.2) is 0 Å². The molecule has 324 valence electrons. The summed E-state index contributed by atoms with van der Waals surface area (Å²) in [5.74, 6) is -0.0262. The van der Waals surface area contributed by atoms with Gasteiger partial charge in [-0.05, 0) is 12.8 Å². The first-order chi connectivity index (χ1) is 26.7. The van der Waals surface area contributed by atoms with Gasteiger partial charge in [-0.2, -0.15) is 0 Å². The number of hydrogen-bond donors (Lipinski definition) is 3. The molecule has 0 heterocycles. The number of rotatable bonds is 47. The van der Waals surface area contributed by atoms with Gasteiger partial charge in [-0.3, -0.25) is 4.79 Å². The summed E-state index contributed by atoms with van der Waals surface area (Å²) in [6.07, 6.45) is 58.0. The summed E-state index contributed by atoms with van der Waals surface area (Å²) >= 11 is 0. The summed E-state index contributed by atoms with van der Waals surface area (Å²) < 4.78 is 0. The van der Waals surface area contributed by atoms with Gasteiger partial charge in [0.05, 0.1) is 18.8 Å². The molecular formula is C50H101NO3. The minimum atomic E-state index is -0.652. The lowest BCUT2D eigenvalue weighted by atomic mass is 10.0. The first-order valence-corrected chi connectivity index (χ1v) is 25.2. The Morgan fingerprint density at radius 3 is 0.833 bits per heavy atom. The number of aliphatic hydroxyl groups excluding tert-OH is 2. The minimum absolute atomic E-state index is 0.0262. The van der Waals surface area contributed by atoms with E-state index in [-0.39, 0.29) is 12.5 Å². The molecule has 0 saturated heterocycles. The molecule has 0 saturated carbocycles. The first kappa shape index (κ1) is 53.4. The van der Waals surface area contributed by atoms with Crippen LogP contribution in [0.5, 0.6) is 0 Å². The van der Waals surface area contributed by atoms with Crippen LogP contribution < -0.4 is 5.32 Å². The van der Waals surface area contributed by atoms with Crippen molar-refractivity contribution >= 4 is 5.91 Å². The normalized spacial score (nSPS) is 12.7. The van der Waals surface area contributed by atoms with Crippen LogP contribution in [0.15, 0.2) is 0 Å². The van der Waals surface area contributed by atoms with Crippen LogP contribution in [0.4, 0.5) is 0 Å². The maximum Gasteiger partial charge on any atom is 0.220 e. The third-order valence-corrected chi connectivity index (χ3v) is 12.1. The molecule has 0 rings (SSSR count). The van der Waals surface area contributed by atoms with Gasteiger partial charge in [0.1, 0.15) is 0 Å². The smallest absolute Gasteiger partial charge is 0.220 e. The Hall–Kier alpha value is -0.610. The largest absolute Gasteiger partial charge is 0.394 e. The number of hydrogen-bond acceptors (Lipinski definition) is 3. The average molecular weight is 764 g/mol. The van der Waals surface area contributed by atoms with Gasteiger partial charge < -0.3 is 15.5 Å². The molecule has 0 aromatic rings. The molecular weight excluding hydrogens is 663 g/mol. The molecule has 4 heteroatoms. The van der Waals surface area contributed by atoms with E-state index in [4.69, 9.17) is 0 Å². The lowest BCUT2D eigenvalue weighted by Crippen LogP contribution is -2.45. The molecule has 0 aliphatic heterocycles. The van der Waals surface area contributed by atoms with Gasteiger partial charge in [0.2, 0.25) is 5.91 Å². The van der Waals surface area contributed by atoms with Crippen LogP contribution in [0.2, 0.25) is 0 Å². The number of carbonyl (C=O) groups excluding carboxylic acids is 1. The molecule has 0 spiro atoms. The molecule has 2 unspecified atom stereocenters. The molecule has 2 atom stereocenters. The van der Waals surface area contributed by atoms with Crippen LogP contribution in [-0.4, -0.2) is 34.9 Å². The monoisotopic (exact) mass is 764 g/mol. The van der Waals surface area contributed by atoms with Crippen molar-refractivity contribution in [1.29, 1.82) is 0 Å². The lowest BCUT2D eigenvalue weighted by Gasteiger charge is -2.22. The third kappa shape index (κ3) is 42.5. The fourth-order valence-corrected chi connectivity index (χ4v) is 8.25. The number of carbonyl (C=O) groups is 1. The summed E-state index contributed by atoms with van der Waals surface area (Å²) in [6, 6.07) is -0.528. The second-order valence-corrected chi connectivity index (χ2v) is 17.6. The second kappa shape index (κ2) is 46.8. The molecule has 3 N–H and O–H groups in total. The van der Waals surface area contributed by atoms with Crippen molar-refractivity contribution in [2.75, 3.05) is 6.61 Å². The standard InChI is InChI=1S/C50H101NO3/c1-3-5-7-9-11-13-15-16-17-18-19-20-21-22-23-24-25-26-27-28-29-30-31-32-33-34-35-36-38-40-42-44-46-50(54)51-48(47-52)49(53)45-43-41-39-37-14-12-10-8-6-4-2/h48-49,52-53H,3-47H2,1-2H3,(H,51,54). The van der Waals surface area contributed by atoms with E-state index in [2.05, 4.69) is 19.2 Å². The highest BCUT2D eigenvalue weighted by atomic mass is 16.3. The molecule has 54 heavy (non-hydrogen) atoms. The van der Waals surface area contributed by atoms with E-state index in [1.165, 1.54) is 244 Å². The SMILES string of the molecule is CCCCCCCCCCCCCCCCCCCCCCCCCCCCCCCCCCC(=O)NC(CO)C(O)CCCCCCCCCCCC. The number of aliphatic hydroxyl groups is 2. The van der Waals surface area contributed by atoms with Gasteiger partial charge in [0.15, 0.2) is 0 Å². The van der Waals surface area contributed by atoms with E-state index in [0.29, 0.717) is 12.8 Å². The van der Waals surface area contributed by atoms with E-state index in [9.17, 15) is 15.0 Å². The van der Waals surface area contributed by atoms with Crippen molar-refractivity contribution in [3.8, 4) is 0 Å². The Bertz CT molecular complexity index is 699. The Balaban J connectivity index is 3.33. The summed E-state index contributed by atoms with van der Waals surface area (Å²) in [7, 11) is 0. The second-order valence-electron chi connectivity index (χ2n) is 17.6. The number of unbranched alkanes of at least 4 members (excludes halogenated alkanes) is 40. The van der Waals surface area contributed by atoms with Gasteiger partial charge in [-0.15, -0.1) is 0 Å². The Labute approximate surface area is 340 Å². The molecule has 0 aromatic heterocycles. The van der Waals surface area contributed by atoms with Crippen LogP contribution in [0.25, 0.3) is 0 Å². The van der Waals surface area contributed by atoms with Gasteiger partial charge in [0, 0.05) is 6.42 Å². The van der Waals surface area contributed by atoms with Crippen LogP contribution in [0, 0.1) is 0 Å². The predicted molar refractivity (Wildman–Crippen MR) is 240 cm³/mol. The lowest BCUT2D eigenvalue weighted by molar-refractivity contribution is -0.123.